The van der Waals surface area contributed by atoms with Crippen LogP contribution >= 0.6 is 11.6 Å². The molecule has 0 spiro atoms. The van der Waals surface area contributed by atoms with Crippen molar-refractivity contribution in [2.24, 2.45) is 5.73 Å². The van der Waals surface area contributed by atoms with E-state index in [1.54, 1.807) is 6.20 Å². The summed E-state index contributed by atoms with van der Waals surface area (Å²) in [5.74, 6) is -0.00903. The van der Waals surface area contributed by atoms with Crippen LogP contribution in [0.1, 0.15) is 29.8 Å². The lowest BCUT2D eigenvalue weighted by atomic mass is 10.1. The molecule has 4 nitrogen and oxygen atoms in total. The van der Waals surface area contributed by atoms with Crippen LogP contribution in [0.5, 0.6) is 0 Å². The first-order valence-corrected chi connectivity index (χ1v) is 7.10. The molecule has 0 saturated heterocycles. The van der Waals surface area contributed by atoms with Gasteiger partial charge in [0.05, 0.1) is 0 Å². The van der Waals surface area contributed by atoms with Crippen molar-refractivity contribution in [2.45, 2.75) is 19.5 Å². The molecule has 0 saturated carbocycles. The van der Waals surface area contributed by atoms with Crippen LogP contribution in [-0.2, 0) is 6.54 Å². The minimum absolute atomic E-state index is 0.00903. The Kier molecular flexibility index (Phi) is 4.94. The third kappa shape index (κ3) is 4.03. The number of pyridine rings is 1. The smallest absolute Gasteiger partial charge is 0.141 e. The Morgan fingerprint density at radius 2 is 2.00 bits per heavy atom. The standard InChI is InChI=1S/C16H19ClN4/c1-11(13-3-5-14(17)6-4-13)21(2)10-12-7-8-20-15(9-12)16(18)19/h3-9,11H,10H2,1-2H3,(H3,18,19). The molecule has 1 heterocycles. The second-order valence-electron chi connectivity index (χ2n) is 5.11. The van der Waals surface area contributed by atoms with Gasteiger partial charge in [-0.15, -0.1) is 0 Å². The van der Waals surface area contributed by atoms with Crippen LogP contribution in [0.3, 0.4) is 0 Å². The highest BCUT2D eigenvalue weighted by atomic mass is 35.5. The average Bonchev–Trinajstić information content (AvgIpc) is 2.47. The number of nitrogen functional groups attached to an aromatic ring is 1. The maximum Gasteiger partial charge on any atom is 0.141 e. The van der Waals surface area contributed by atoms with Crippen molar-refractivity contribution >= 4 is 17.4 Å². The molecule has 1 atom stereocenters. The maximum absolute atomic E-state index is 7.44. The number of benzene rings is 1. The molecule has 0 bridgehead atoms. The highest BCUT2D eigenvalue weighted by molar-refractivity contribution is 6.30. The molecule has 1 aromatic heterocycles. The third-order valence-electron chi connectivity index (χ3n) is 3.55. The van der Waals surface area contributed by atoms with E-state index in [0.29, 0.717) is 5.69 Å². The molecule has 2 aromatic rings. The fourth-order valence-corrected chi connectivity index (χ4v) is 2.27. The lowest BCUT2D eigenvalue weighted by molar-refractivity contribution is 0.253. The van der Waals surface area contributed by atoms with Gasteiger partial charge in [0, 0.05) is 23.8 Å². The third-order valence-corrected chi connectivity index (χ3v) is 3.80. The van der Waals surface area contributed by atoms with Crippen LogP contribution in [0.15, 0.2) is 42.6 Å². The quantitative estimate of drug-likeness (QED) is 0.658. The van der Waals surface area contributed by atoms with Crippen molar-refractivity contribution in [3.05, 3.63) is 64.4 Å². The first-order chi connectivity index (χ1) is 9.97. The van der Waals surface area contributed by atoms with Crippen molar-refractivity contribution in [1.29, 1.82) is 5.41 Å². The SMILES string of the molecule is CC(c1ccc(Cl)cc1)N(C)Cc1ccnc(C(=N)N)c1. The zero-order valence-electron chi connectivity index (χ0n) is 12.2. The zero-order valence-corrected chi connectivity index (χ0v) is 12.9. The maximum atomic E-state index is 7.44. The number of hydrogen-bond acceptors (Lipinski definition) is 3. The van der Waals surface area contributed by atoms with Gasteiger partial charge < -0.3 is 5.73 Å². The fourth-order valence-electron chi connectivity index (χ4n) is 2.14. The lowest BCUT2D eigenvalue weighted by Crippen LogP contribution is -2.22. The molecular weight excluding hydrogens is 284 g/mol. The molecule has 1 unspecified atom stereocenters. The highest BCUT2D eigenvalue weighted by Crippen LogP contribution is 2.22. The van der Waals surface area contributed by atoms with E-state index in [2.05, 4.69) is 23.9 Å². The summed E-state index contributed by atoms with van der Waals surface area (Å²) in [6.45, 7) is 2.91. The number of aromatic nitrogens is 1. The topological polar surface area (TPSA) is 66.0 Å². The van der Waals surface area contributed by atoms with Gasteiger partial charge in [0.15, 0.2) is 0 Å². The van der Waals surface area contributed by atoms with Crippen LogP contribution in [0.2, 0.25) is 5.02 Å². The van der Waals surface area contributed by atoms with Gasteiger partial charge in [-0.1, -0.05) is 23.7 Å². The number of hydrogen-bond donors (Lipinski definition) is 2. The minimum Gasteiger partial charge on any atom is -0.382 e. The lowest BCUT2D eigenvalue weighted by Gasteiger charge is -2.25. The molecule has 0 amide bonds. The summed E-state index contributed by atoms with van der Waals surface area (Å²) >= 11 is 5.92. The average molecular weight is 303 g/mol. The Balaban J connectivity index is 2.10. The second kappa shape index (κ2) is 6.70. The van der Waals surface area contributed by atoms with E-state index < -0.39 is 0 Å². The molecular formula is C16H19ClN4. The van der Waals surface area contributed by atoms with Gasteiger partial charge in [-0.2, -0.15) is 0 Å². The van der Waals surface area contributed by atoms with Gasteiger partial charge in [0.2, 0.25) is 0 Å². The first kappa shape index (κ1) is 15.5. The Morgan fingerprint density at radius 3 is 2.62 bits per heavy atom. The van der Waals surface area contributed by atoms with E-state index in [0.717, 1.165) is 17.1 Å². The number of nitrogens with two attached hydrogens (primary N) is 1. The summed E-state index contributed by atoms with van der Waals surface area (Å²) < 4.78 is 0. The first-order valence-electron chi connectivity index (χ1n) is 6.72. The van der Waals surface area contributed by atoms with E-state index in [1.165, 1.54) is 5.56 Å². The summed E-state index contributed by atoms with van der Waals surface area (Å²) in [7, 11) is 2.06. The number of nitrogens with one attached hydrogen (secondary N) is 1. The number of rotatable bonds is 5. The van der Waals surface area contributed by atoms with Gasteiger partial charge in [-0.05, 0) is 49.4 Å². The largest absolute Gasteiger partial charge is 0.382 e. The van der Waals surface area contributed by atoms with Gasteiger partial charge in [-0.25, -0.2) is 0 Å². The summed E-state index contributed by atoms with van der Waals surface area (Å²) in [5, 5.41) is 8.19. The molecule has 0 aliphatic heterocycles. The molecule has 5 heteroatoms. The summed E-state index contributed by atoms with van der Waals surface area (Å²) in [6, 6.07) is 11.9. The molecule has 2 rings (SSSR count). The van der Waals surface area contributed by atoms with E-state index in [4.69, 9.17) is 22.7 Å². The van der Waals surface area contributed by atoms with Crippen molar-refractivity contribution in [2.75, 3.05) is 7.05 Å². The monoisotopic (exact) mass is 302 g/mol. The Labute approximate surface area is 130 Å². The number of halogens is 1. The Morgan fingerprint density at radius 1 is 1.33 bits per heavy atom. The Hall–Kier alpha value is -1.91. The van der Waals surface area contributed by atoms with Crippen LogP contribution in [0.4, 0.5) is 0 Å². The van der Waals surface area contributed by atoms with Crippen LogP contribution < -0.4 is 5.73 Å². The van der Waals surface area contributed by atoms with Crippen molar-refractivity contribution in [1.82, 2.24) is 9.88 Å². The molecule has 21 heavy (non-hydrogen) atoms. The Bertz CT molecular complexity index is 624. The summed E-state index contributed by atoms with van der Waals surface area (Å²) in [6.07, 6.45) is 1.69. The zero-order chi connectivity index (χ0) is 15.4. The van der Waals surface area contributed by atoms with E-state index >= 15 is 0 Å². The molecule has 0 aliphatic carbocycles. The second-order valence-corrected chi connectivity index (χ2v) is 5.54. The van der Waals surface area contributed by atoms with Gasteiger partial charge in [-0.3, -0.25) is 15.3 Å². The van der Waals surface area contributed by atoms with E-state index in [-0.39, 0.29) is 11.9 Å². The van der Waals surface area contributed by atoms with Gasteiger partial charge >= 0.3 is 0 Å². The predicted octanol–water partition coefficient (Wildman–Crippen LogP) is 3.21. The van der Waals surface area contributed by atoms with Crippen molar-refractivity contribution in [3.8, 4) is 0 Å². The highest BCUT2D eigenvalue weighted by Gasteiger charge is 2.12. The summed E-state index contributed by atoms with van der Waals surface area (Å²) in [5.41, 5.74) is 8.28. The van der Waals surface area contributed by atoms with E-state index in [1.807, 2.05) is 36.4 Å². The predicted molar refractivity (Wildman–Crippen MR) is 86.6 cm³/mol. The molecule has 1 aromatic carbocycles. The van der Waals surface area contributed by atoms with Crippen molar-refractivity contribution in [3.63, 3.8) is 0 Å². The summed E-state index contributed by atoms with van der Waals surface area (Å²) in [4.78, 5) is 6.30. The fraction of sp³-hybridized carbons (Fsp3) is 0.250. The number of nitrogens with zero attached hydrogens (tertiary/aromatic N) is 2. The molecule has 0 fully saturated rings. The van der Waals surface area contributed by atoms with Gasteiger partial charge in [0.1, 0.15) is 11.5 Å². The van der Waals surface area contributed by atoms with Crippen LogP contribution in [0, 0.1) is 5.41 Å². The molecule has 0 radical (unpaired) electrons. The van der Waals surface area contributed by atoms with E-state index in [9.17, 15) is 0 Å². The van der Waals surface area contributed by atoms with Crippen LogP contribution in [-0.4, -0.2) is 22.8 Å². The molecule has 3 N–H and O–H groups in total. The number of amidine groups is 1. The minimum atomic E-state index is -0.00903. The van der Waals surface area contributed by atoms with Gasteiger partial charge in [0.25, 0.3) is 0 Å². The molecule has 110 valence electrons. The van der Waals surface area contributed by atoms with Crippen molar-refractivity contribution < 1.29 is 0 Å². The normalized spacial score (nSPS) is 12.4. The van der Waals surface area contributed by atoms with Crippen LogP contribution in [0.25, 0.3) is 0 Å². The molecule has 0 aliphatic rings.